The van der Waals surface area contributed by atoms with E-state index in [1.54, 1.807) is 0 Å². The molecule has 0 spiro atoms. The van der Waals surface area contributed by atoms with Crippen LogP contribution in [0.4, 0.5) is 11.6 Å². The first-order valence-electron chi connectivity index (χ1n) is 8.86. The number of β-amino-alcohol motifs (C(OH)–C–C–N with tert-alkyl or cyclic N) is 1. The Balaban J connectivity index is 1.78. The fourth-order valence-electron chi connectivity index (χ4n) is 3.75. The van der Waals surface area contributed by atoms with Crippen molar-refractivity contribution in [3.05, 3.63) is 24.3 Å². The second-order valence-corrected chi connectivity index (χ2v) is 6.97. The van der Waals surface area contributed by atoms with Gasteiger partial charge in [-0.3, -0.25) is 4.79 Å². The maximum atomic E-state index is 11.7. The van der Waals surface area contributed by atoms with Crippen molar-refractivity contribution in [3.63, 3.8) is 0 Å². The lowest BCUT2D eigenvalue weighted by molar-refractivity contribution is -0.137. The molecule has 3 N–H and O–H groups in total. The molecule has 0 bridgehead atoms. The van der Waals surface area contributed by atoms with Crippen LogP contribution in [0, 0.1) is 0 Å². The van der Waals surface area contributed by atoms with E-state index in [0.29, 0.717) is 12.8 Å². The fraction of sp³-hybridized carbons (Fsp3) is 0.500. The van der Waals surface area contributed by atoms with Crippen LogP contribution in [0.1, 0.15) is 25.7 Å². The van der Waals surface area contributed by atoms with Crippen LogP contribution in [-0.2, 0) is 4.79 Å². The number of primary amides is 1. The number of nitrogens with zero attached hydrogens (tertiary/aromatic N) is 4. The normalized spacial score (nSPS) is 24.0. The van der Waals surface area contributed by atoms with Crippen LogP contribution in [0.25, 0.3) is 11.0 Å². The molecule has 25 heavy (non-hydrogen) atoms. The number of benzene rings is 1. The Morgan fingerprint density at radius 2 is 1.56 bits per heavy atom. The van der Waals surface area contributed by atoms with Crippen LogP contribution in [0.2, 0.25) is 0 Å². The van der Waals surface area contributed by atoms with E-state index in [9.17, 15) is 9.90 Å². The first-order chi connectivity index (χ1) is 12.1. The van der Waals surface area contributed by atoms with Crippen LogP contribution in [-0.4, -0.2) is 52.8 Å². The summed E-state index contributed by atoms with van der Waals surface area (Å²) in [4.78, 5) is 25.6. The number of carbonyl (C=O) groups is 1. The number of piperidine rings is 1. The number of rotatable bonds is 3. The number of anilines is 2. The van der Waals surface area contributed by atoms with Crippen molar-refractivity contribution in [2.75, 3.05) is 36.0 Å². The first kappa shape index (κ1) is 16.1. The van der Waals surface area contributed by atoms with E-state index in [4.69, 9.17) is 15.7 Å². The number of hydrogen-bond acceptors (Lipinski definition) is 6. The van der Waals surface area contributed by atoms with Gasteiger partial charge in [0.25, 0.3) is 5.91 Å². The molecule has 2 saturated heterocycles. The molecule has 132 valence electrons. The molecule has 7 heteroatoms. The van der Waals surface area contributed by atoms with Crippen LogP contribution in [0.5, 0.6) is 0 Å². The van der Waals surface area contributed by atoms with Gasteiger partial charge in [0.2, 0.25) is 0 Å². The van der Waals surface area contributed by atoms with E-state index < -0.39 is 11.5 Å². The minimum Gasteiger partial charge on any atom is -0.378 e. The Kier molecular flexibility index (Phi) is 3.95. The summed E-state index contributed by atoms with van der Waals surface area (Å²) in [6.07, 6.45) is 3.35. The molecule has 1 amide bonds. The zero-order valence-electron chi connectivity index (χ0n) is 14.2. The lowest BCUT2D eigenvalue weighted by Crippen LogP contribution is -2.56. The number of hydrogen-bond donors (Lipinski definition) is 2. The number of aromatic nitrogens is 2. The van der Waals surface area contributed by atoms with Crippen LogP contribution < -0.4 is 15.5 Å². The number of carbonyl (C=O) groups excluding carboxylic acids is 1. The number of nitrogens with two attached hydrogens (primary N) is 1. The van der Waals surface area contributed by atoms with Crippen molar-refractivity contribution in [1.29, 1.82) is 0 Å². The van der Waals surface area contributed by atoms with Crippen molar-refractivity contribution < 1.29 is 9.90 Å². The topological polar surface area (TPSA) is 95.6 Å². The summed E-state index contributed by atoms with van der Waals surface area (Å²) >= 11 is 0. The third-order valence-electron chi connectivity index (χ3n) is 5.17. The van der Waals surface area contributed by atoms with Gasteiger partial charge in [-0.25, -0.2) is 9.97 Å². The maximum Gasteiger partial charge on any atom is 0.251 e. The van der Waals surface area contributed by atoms with Crippen molar-refractivity contribution in [3.8, 4) is 0 Å². The molecule has 4 rings (SSSR count). The Hall–Kier alpha value is -2.41. The standard InChI is InChI=1S/C18H23N5O2/c19-17(24)18(25)8-5-11-23(12-18)16-15(22-9-3-4-10-22)20-13-6-1-2-7-14(13)21-16/h1-2,6-7,25H,3-5,8-12H2,(H2,19,24)/t18-/m0/s1. The average Bonchev–Trinajstić information content (AvgIpc) is 3.15. The molecule has 0 radical (unpaired) electrons. The Bertz CT molecular complexity index is 805. The minimum atomic E-state index is -1.51. The summed E-state index contributed by atoms with van der Waals surface area (Å²) in [7, 11) is 0. The van der Waals surface area contributed by atoms with E-state index in [1.807, 2.05) is 29.2 Å². The van der Waals surface area contributed by atoms with Gasteiger partial charge >= 0.3 is 0 Å². The van der Waals surface area contributed by atoms with Crippen molar-refractivity contribution in [1.82, 2.24) is 9.97 Å². The van der Waals surface area contributed by atoms with E-state index in [-0.39, 0.29) is 6.54 Å². The molecule has 0 unspecified atom stereocenters. The van der Waals surface area contributed by atoms with Gasteiger partial charge < -0.3 is 20.6 Å². The second-order valence-electron chi connectivity index (χ2n) is 6.97. The van der Waals surface area contributed by atoms with E-state index in [1.165, 1.54) is 0 Å². The SMILES string of the molecule is NC(=O)[C@]1(O)CCCN(c2nc3ccccc3nc2N2CCCC2)C1. The lowest BCUT2D eigenvalue weighted by Gasteiger charge is -2.38. The van der Waals surface area contributed by atoms with Gasteiger partial charge in [0.05, 0.1) is 17.6 Å². The molecule has 2 fully saturated rings. The predicted octanol–water partition coefficient (Wildman–Crippen LogP) is 1.05. The van der Waals surface area contributed by atoms with Gasteiger partial charge in [-0.15, -0.1) is 0 Å². The van der Waals surface area contributed by atoms with E-state index in [0.717, 1.165) is 55.1 Å². The molecule has 0 saturated carbocycles. The highest BCUT2D eigenvalue weighted by Gasteiger charge is 2.40. The fourth-order valence-corrected chi connectivity index (χ4v) is 3.75. The highest BCUT2D eigenvalue weighted by molar-refractivity contribution is 5.85. The zero-order chi connectivity index (χ0) is 17.4. The molecular formula is C18H23N5O2. The Labute approximate surface area is 146 Å². The third-order valence-corrected chi connectivity index (χ3v) is 5.17. The highest BCUT2D eigenvalue weighted by Crippen LogP contribution is 2.33. The van der Waals surface area contributed by atoms with Gasteiger partial charge in [-0.2, -0.15) is 0 Å². The van der Waals surface area contributed by atoms with Crippen LogP contribution in [0.15, 0.2) is 24.3 Å². The average molecular weight is 341 g/mol. The smallest absolute Gasteiger partial charge is 0.251 e. The molecular weight excluding hydrogens is 318 g/mol. The second kappa shape index (κ2) is 6.15. The summed E-state index contributed by atoms with van der Waals surface area (Å²) in [6.45, 7) is 2.79. The van der Waals surface area contributed by atoms with Crippen molar-refractivity contribution in [2.24, 2.45) is 5.73 Å². The molecule has 1 aromatic heterocycles. The molecule has 2 aromatic rings. The minimum absolute atomic E-state index is 0.163. The molecule has 0 aliphatic carbocycles. The summed E-state index contributed by atoms with van der Waals surface area (Å²) in [5.74, 6) is 0.901. The summed E-state index contributed by atoms with van der Waals surface area (Å²) in [6, 6.07) is 7.79. The highest BCUT2D eigenvalue weighted by atomic mass is 16.3. The number of aliphatic hydroxyl groups is 1. The van der Waals surface area contributed by atoms with Gasteiger partial charge in [0, 0.05) is 19.6 Å². The maximum absolute atomic E-state index is 11.7. The van der Waals surface area contributed by atoms with Crippen LogP contribution in [0.3, 0.4) is 0 Å². The Morgan fingerprint density at radius 3 is 2.16 bits per heavy atom. The van der Waals surface area contributed by atoms with E-state index >= 15 is 0 Å². The van der Waals surface area contributed by atoms with Gasteiger partial charge in [0.1, 0.15) is 0 Å². The lowest BCUT2D eigenvalue weighted by atomic mass is 9.92. The molecule has 1 atom stereocenters. The molecule has 2 aliphatic rings. The Morgan fingerprint density at radius 1 is 1.00 bits per heavy atom. The first-order valence-corrected chi connectivity index (χ1v) is 8.86. The summed E-state index contributed by atoms with van der Waals surface area (Å²) in [5.41, 5.74) is 5.59. The van der Waals surface area contributed by atoms with Gasteiger partial charge in [-0.05, 0) is 37.8 Å². The van der Waals surface area contributed by atoms with Crippen molar-refractivity contribution >= 4 is 28.6 Å². The molecule has 2 aliphatic heterocycles. The quantitative estimate of drug-likeness (QED) is 0.866. The monoisotopic (exact) mass is 341 g/mol. The summed E-state index contributed by atoms with van der Waals surface area (Å²) < 4.78 is 0. The molecule has 7 nitrogen and oxygen atoms in total. The largest absolute Gasteiger partial charge is 0.378 e. The number of amides is 1. The van der Waals surface area contributed by atoms with Gasteiger partial charge in [-0.1, -0.05) is 12.1 Å². The molecule has 1 aromatic carbocycles. The predicted molar refractivity (Wildman–Crippen MR) is 96.6 cm³/mol. The third kappa shape index (κ3) is 2.89. The molecule has 3 heterocycles. The zero-order valence-corrected chi connectivity index (χ0v) is 14.2. The van der Waals surface area contributed by atoms with Crippen molar-refractivity contribution in [2.45, 2.75) is 31.3 Å². The van der Waals surface area contributed by atoms with E-state index in [2.05, 4.69) is 4.90 Å². The number of fused-ring (bicyclic) bond motifs is 1. The summed E-state index contributed by atoms with van der Waals surface area (Å²) in [5, 5.41) is 10.6. The number of para-hydroxylation sites is 2. The van der Waals surface area contributed by atoms with Gasteiger partial charge in [0.15, 0.2) is 17.2 Å². The van der Waals surface area contributed by atoms with Crippen LogP contribution >= 0.6 is 0 Å².